The van der Waals surface area contributed by atoms with Crippen LogP contribution in [0.25, 0.3) is 20.2 Å². The molecule has 0 unspecified atom stereocenters. The van der Waals surface area contributed by atoms with Gasteiger partial charge in [0.05, 0.1) is 0 Å². The molecule has 0 atom stereocenters. The fourth-order valence-electron chi connectivity index (χ4n) is 2.51. The van der Waals surface area contributed by atoms with Crippen LogP contribution in [0.5, 0.6) is 0 Å². The maximum Gasteiger partial charge on any atom is 0.0449 e. The largest absolute Gasteiger partial charge is 0.265 e. The molecule has 0 saturated heterocycles. The van der Waals surface area contributed by atoms with Crippen LogP contribution in [0.1, 0.15) is 37.5 Å². The Bertz CT molecular complexity index is 697. The summed E-state index contributed by atoms with van der Waals surface area (Å²) < 4.78 is 0. The summed E-state index contributed by atoms with van der Waals surface area (Å²) in [6.07, 6.45) is 10.3. The number of pyridine rings is 1. The molecule has 0 aliphatic heterocycles. The maximum atomic E-state index is 4.09. The molecule has 0 bridgehead atoms. The van der Waals surface area contributed by atoms with Crippen LogP contribution >= 0.6 is 22.7 Å². The third kappa shape index (κ3) is 3.84. The van der Waals surface area contributed by atoms with Crippen LogP contribution in [-0.2, 0) is 6.42 Å². The van der Waals surface area contributed by atoms with Crippen molar-refractivity contribution >= 4 is 22.7 Å². The summed E-state index contributed by atoms with van der Waals surface area (Å²) in [5.41, 5.74) is 1.25. The fraction of sp³-hybridized carbons (Fsp3) is 0.316. The molecule has 0 saturated carbocycles. The third-order valence-electron chi connectivity index (χ3n) is 3.75. The lowest BCUT2D eigenvalue weighted by atomic mass is 10.1. The zero-order valence-corrected chi connectivity index (χ0v) is 14.6. The first kappa shape index (κ1) is 15.4. The number of unbranched alkanes of at least 4 members (excludes halogenated alkanes) is 3. The first-order valence-electron chi connectivity index (χ1n) is 7.96. The molecule has 0 aliphatic rings. The zero-order valence-electron chi connectivity index (χ0n) is 12.9. The number of aryl methyl sites for hydroxylation is 1. The van der Waals surface area contributed by atoms with Crippen molar-refractivity contribution in [2.75, 3.05) is 0 Å². The van der Waals surface area contributed by atoms with E-state index < -0.39 is 0 Å². The first-order valence-corrected chi connectivity index (χ1v) is 9.59. The Kier molecular flexibility index (Phi) is 5.41. The summed E-state index contributed by atoms with van der Waals surface area (Å²) >= 11 is 3.82. The van der Waals surface area contributed by atoms with E-state index in [1.165, 1.54) is 57.2 Å². The smallest absolute Gasteiger partial charge is 0.0449 e. The van der Waals surface area contributed by atoms with E-state index in [2.05, 4.69) is 48.3 Å². The molecule has 22 heavy (non-hydrogen) atoms. The van der Waals surface area contributed by atoms with Gasteiger partial charge in [0.1, 0.15) is 0 Å². The van der Waals surface area contributed by atoms with Gasteiger partial charge in [0.15, 0.2) is 0 Å². The Balaban J connectivity index is 1.68. The Morgan fingerprint density at radius 3 is 2.32 bits per heavy atom. The zero-order chi connectivity index (χ0) is 15.2. The molecule has 0 aromatic carbocycles. The van der Waals surface area contributed by atoms with E-state index in [4.69, 9.17) is 0 Å². The predicted molar refractivity (Wildman–Crippen MR) is 98.7 cm³/mol. The normalized spacial score (nSPS) is 11.0. The van der Waals surface area contributed by atoms with Gasteiger partial charge in [-0.15, -0.1) is 22.7 Å². The van der Waals surface area contributed by atoms with E-state index in [0.29, 0.717) is 0 Å². The van der Waals surface area contributed by atoms with Crippen LogP contribution in [-0.4, -0.2) is 4.98 Å². The van der Waals surface area contributed by atoms with Crippen LogP contribution in [0, 0.1) is 0 Å². The second-order valence-electron chi connectivity index (χ2n) is 5.48. The molecular weight excluding hydrogens is 306 g/mol. The van der Waals surface area contributed by atoms with Crippen molar-refractivity contribution in [2.24, 2.45) is 0 Å². The number of nitrogens with zero attached hydrogens (tertiary/aromatic N) is 1. The molecule has 3 aromatic heterocycles. The number of hydrogen-bond acceptors (Lipinski definition) is 3. The van der Waals surface area contributed by atoms with Crippen molar-refractivity contribution in [1.29, 1.82) is 0 Å². The molecule has 0 radical (unpaired) electrons. The van der Waals surface area contributed by atoms with Crippen molar-refractivity contribution in [1.82, 2.24) is 4.98 Å². The van der Waals surface area contributed by atoms with E-state index in [0.717, 1.165) is 0 Å². The van der Waals surface area contributed by atoms with Crippen molar-refractivity contribution in [3.8, 4) is 20.2 Å². The van der Waals surface area contributed by atoms with E-state index in [1.54, 1.807) is 0 Å². The SMILES string of the molecule is CCCCCCc1ccc(-c2ccc(-c3ccncc3)s2)s1. The molecule has 3 aromatic rings. The van der Waals surface area contributed by atoms with Gasteiger partial charge in [-0.25, -0.2) is 0 Å². The lowest BCUT2D eigenvalue weighted by molar-refractivity contribution is 0.670. The van der Waals surface area contributed by atoms with Gasteiger partial charge >= 0.3 is 0 Å². The molecule has 0 aliphatic carbocycles. The average molecular weight is 328 g/mol. The first-order chi connectivity index (χ1) is 10.9. The monoisotopic (exact) mass is 327 g/mol. The van der Waals surface area contributed by atoms with Crippen molar-refractivity contribution < 1.29 is 0 Å². The number of rotatable bonds is 7. The molecule has 0 N–H and O–H groups in total. The highest BCUT2D eigenvalue weighted by atomic mass is 32.1. The second kappa shape index (κ2) is 7.70. The number of hydrogen-bond donors (Lipinski definition) is 0. The van der Waals surface area contributed by atoms with Crippen LogP contribution < -0.4 is 0 Å². The Hall–Kier alpha value is -1.45. The summed E-state index contributed by atoms with van der Waals surface area (Å²) in [5, 5.41) is 0. The van der Waals surface area contributed by atoms with Gasteiger partial charge in [0.25, 0.3) is 0 Å². The molecule has 0 amide bonds. The molecule has 114 valence electrons. The van der Waals surface area contributed by atoms with Crippen molar-refractivity contribution in [3.63, 3.8) is 0 Å². The highest BCUT2D eigenvalue weighted by molar-refractivity contribution is 7.23. The maximum absolute atomic E-state index is 4.09. The van der Waals surface area contributed by atoms with Crippen molar-refractivity contribution in [2.45, 2.75) is 39.0 Å². The van der Waals surface area contributed by atoms with E-state index in [9.17, 15) is 0 Å². The molecule has 1 nitrogen and oxygen atoms in total. The summed E-state index contributed by atoms with van der Waals surface area (Å²) in [4.78, 5) is 9.69. The van der Waals surface area contributed by atoms with Crippen LogP contribution in [0.4, 0.5) is 0 Å². The molecule has 3 heterocycles. The van der Waals surface area contributed by atoms with Crippen LogP contribution in [0.15, 0.2) is 48.8 Å². The minimum Gasteiger partial charge on any atom is -0.265 e. The third-order valence-corrected chi connectivity index (χ3v) is 6.23. The summed E-state index contributed by atoms with van der Waals surface area (Å²) in [7, 11) is 0. The van der Waals surface area contributed by atoms with Crippen molar-refractivity contribution in [3.05, 3.63) is 53.7 Å². The highest BCUT2D eigenvalue weighted by Gasteiger charge is 2.07. The average Bonchev–Trinajstić information content (AvgIpc) is 3.21. The minimum atomic E-state index is 1.23. The van der Waals surface area contributed by atoms with E-state index in [1.807, 2.05) is 35.1 Å². The highest BCUT2D eigenvalue weighted by Crippen LogP contribution is 2.37. The van der Waals surface area contributed by atoms with Gasteiger partial charge in [-0.05, 0) is 54.8 Å². The fourth-order valence-corrected chi connectivity index (χ4v) is 4.66. The van der Waals surface area contributed by atoms with Gasteiger partial charge in [0.2, 0.25) is 0 Å². The lowest BCUT2D eigenvalue weighted by Crippen LogP contribution is -1.80. The predicted octanol–water partition coefficient (Wildman–Crippen LogP) is 6.66. The quantitative estimate of drug-likeness (QED) is 0.442. The summed E-state index contributed by atoms with van der Waals surface area (Å²) in [5.74, 6) is 0. The van der Waals surface area contributed by atoms with E-state index in [-0.39, 0.29) is 0 Å². The molecule has 3 heteroatoms. The van der Waals surface area contributed by atoms with Gasteiger partial charge in [-0.2, -0.15) is 0 Å². The number of aromatic nitrogens is 1. The molecule has 0 fully saturated rings. The molecular formula is C19H21NS2. The number of thiophene rings is 2. The van der Waals surface area contributed by atoms with Gasteiger partial charge in [0, 0.05) is 31.9 Å². The summed E-state index contributed by atoms with van der Waals surface area (Å²) in [6.45, 7) is 2.26. The summed E-state index contributed by atoms with van der Waals surface area (Å²) in [6, 6.07) is 13.2. The molecule has 0 spiro atoms. The Labute approximate surface area is 140 Å². The lowest BCUT2D eigenvalue weighted by Gasteiger charge is -1.97. The second-order valence-corrected chi connectivity index (χ2v) is 7.73. The minimum absolute atomic E-state index is 1.23. The Morgan fingerprint density at radius 1 is 0.773 bits per heavy atom. The van der Waals surface area contributed by atoms with Crippen LogP contribution in [0.2, 0.25) is 0 Å². The van der Waals surface area contributed by atoms with Gasteiger partial charge in [-0.3, -0.25) is 4.98 Å². The standard InChI is InChI=1S/C19H21NS2/c1-2-3-4-5-6-16-7-8-18(21-16)19-10-9-17(22-19)15-11-13-20-14-12-15/h7-14H,2-6H2,1H3. The Morgan fingerprint density at radius 2 is 1.50 bits per heavy atom. The molecule has 3 rings (SSSR count). The van der Waals surface area contributed by atoms with Crippen LogP contribution in [0.3, 0.4) is 0 Å². The van der Waals surface area contributed by atoms with E-state index >= 15 is 0 Å². The van der Waals surface area contributed by atoms with Gasteiger partial charge in [-0.1, -0.05) is 26.2 Å². The topological polar surface area (TPSA) is 12.9 Å². The van der Waals surface area contributed by atoms with Gasteiger partial charge < -0.3 is 0 Å².